The predicted octanol–water partition coefficient (Wildman–Crippen LogP) is 1.26. The number of nitrogens with zero attached hydrogens (tertiary/aromatic N) is 2. The molecule has 1 saturated heterocycles. The van der Waals surface area contributed by atoms with Gasteiger partial charge in [-0.1, -0.05) is 13.8 Å². The van der Waals surface area contributed by atoms with Gasteiger partial charge in [0, 0.05) is 25.7 Å². The Bertz CT molecular complexity index is 182. The Morgan fingerprint density at radius 2 is 2.12 bits per heavy atom. The summed E-state index contributed by atoms with van der Waals surface area (Å²) in [5, 5.41) is 3.67. The molecule has 16 heavy (non-hydrogen) atoms. The Hall–Kier alpha value is -0.120. The molecule has 0 bridgehead atoms. The van der Waals surface area contributed by atoms with E-state index in [9.17, 15) is 0 Å². The van der Waals surface area contributed by atoms with Crippen molar-refractivity contribution >= 4 is 0 Å². The minimum Gasteiger partial charge on any atom is -0.314 e. The molecule has 3 nitrogen and oxygen atoms in total. The maximum atomic E-state index is 3.67. The average molecular weight is 227 g/mol. The molecule has 0 spiro atoms. The van der Waals surface area contributed by atoms with Gasteiger partial charge in [0.25, 0.3) is 0 Å². The van der Waals surface area contributed by atoms with Crippen molar-refractivity contribution in [2.45, 2.75) is 32.7 Å². The molecule has 2 unspecified atom stereocenters. The molecule has 0 aromatic heterocycles. The Kier molecular flexibility index (Phi) is 6.32. The lowest BCUT2D eigenvalue weighted by molar-refractivity contribution is 0.138. The minimum atomic E-state index is 0.746. The zero-order valence-electron chi connectivity index (χ0n) is 11.5. The van der Waals surface area contributed by atoms with Gasteiger partial charge in [-0.25, -0.2) is 0 Å². The lowest BCUT2D eigenvalue weighted by atomic mass is 9.94. The number of piperidine rings is 1. The van der Waals surface area contributed by atoms with E-state index >= 15 is 0 Å². The molecule has 1 N–H and O–H groups in total. The summed E-state index contributed by atoms with van der Waals surface area (Å²) in [7, 11) is 4.30. The average Bonchev–Trinajstić information content (AvgIpc) is 2.25. The highest BCUT2D eigenvalue weighted by Gasteiger charge is 2.24. The standard InChI is InChI=1S/C13H29N3/c1-5-7-14-13-6-8-16(11-12(13)2)10-9-15(3)4/h12-14H,5-11H2,1-4H3. The van der Waals surface area contributed by atoms with Crippen molar-refractivity contribution in [2.75, 3.05) is 46.8 Å². The predicted molar refractivity (Wildman–Crippen MR) is 70.9 cm³/mol. The third kappa shape index (κ3) is 4.81. The van der Waals surface area contributed by atoms with Gasteiger partial charge in [-0.05, 0) is 45.9 Å². The molecule has 0 saturated carbocycles. The lowest BCUT2D eigenvalue weighted by Gasteiger charge is -2.37. The van der Waals surface area contributed by atoms with Crippen molar-refractivity contribution in [3.05, 3.63) is 0 Å². The number of likely N-dealkylation sites (N-methyl/N-ethyl adjacent to an activating group) is 1. The molecule has 1 rings (SSSR count). The van der Waals surface area contributed by atoms with Crippen molar-refractivity contribution in [1.29, 1.82) is 0 Å². The third-order valence-electron chi connectivity index (χ3n) is 3.51. The summed E-state index contributed by atoms with van der Waals surface area (Å²) >= 11 is 0. The minimum absolute atomic E-state index is 0.746. The van der Waals surface area contributed by atoms with Gasteiger partial charge in [-0.2, -0.15) is 0 Å². The Morgan fingerprint density at radius 1 is 1.38 bits per heavy atom. The van der Waals surface area contributed by atoms with E-state index < -0.39 is 0 Å². The second-order valence-electron chi connectivity index (χ2n) is 5.43. The van der Waals surface area contributed by atoms with Crippen LogP contribution < -0.4 is 5.32 Å². The summed E-state index contributed by atoms with van der Waals surface area (Å²) in [4.78, 5) is 4.88. The van der Waals surface area contributed by atoms with Crippen LogP contribution in [0.4, 0.5) is 0 Å². The summed E-state index contributed by atoms with van der Waals surface area (Å²) in [5.41, 5.74) is 0. The fraction of sp³-hybridized carbons (Fsp3) is 1.00. The first-order chi connectivity index (χ1) is 7.63. The van der Waals surface area contributed by atoms with E-state index in [4.69, 9.17) is 0 Å². The smallest absolute Gasteiger partial charge is 0.0117 e. The molecule has 1 aliphatic rings. The molecule has 1 fully saturated rings. The normalized spacial score (nSPS) is 27.6. The lowest BCUT2D eigenvalue weighted by Crippen LogP contribution is -2.49. The van der Waals surface area contributed by atoms with E-state index in [1.807, 2.05) is 0 Å². The second-order valence-corrected chi connectivity index (χ2v) is 5.43. The molecule has 1 aliphatic heterocycles. The zero-order valence-corrected chi connectivity index (χ0v) is 11.5. The van der Waals surface area contributed by atoms with E-state index in [0.29, 0.717) is 0 Å². The highest BCUT2D eigenvalue weighted by molar-refractivity contribution is 4.82. The SMILES string of the molecule is CCCNC1CCN(CCN(C)C)CC1C. The van der Waals surface area contributed by atoms with Crippen molar-refractivity contribution < 1.29 is 0 Å². The number of hydrogen-bond acceptors (Lipinski definition) is 3. The second kappa shape index (κ2) is 7.25. The fourth-order valence-electron chi connectivity index (χ4n) is 2.41. The molecular weight excluding hydrogens is 198 g/mol. The molecule has 0 amide bonds. The zero-order chi connectivity index (χ0) is 12.0. The van der Waals surface area contributed by atoms with Crippen LogP contribution in [0.15, 0.2) is 0 Å². The van der Waals surface area contributed by atoms with Crippen molar-refractivity contribution in [3.8, 4) is 0 Å². The molecule has 1 heterocycles. The van der Waals surface area contributed by atoms with Gasteiger partial charge in [0.15, 0.2) is 0 Å². The monoisotopic (exact) mass is 227 g/mol. The Labute approximate surface area is 101 Å². The first kappa shape index (κ1) is 13.9. The fourth-order valence-corrected chi connectivity index (χ4v) is 2.41. The molecule has 0 aromatic carbocycles. The maximum Gasteiger partial charge on any atom is 0.0117 e. The van der Waals surface area contributed by atoms with Gasteiger partial charge in [0.05, 0.1) is 0 Å². The van der Waals surface area contributed by atoms with E-state index in [1.165, 1.54) is 45.6 Å². The van der Waals surface area contributed by atoms with E-state index in [1.54, 1.807) is 0 Å². The van der Waals surface area contributed by atoms with Crippen LogP contribution in [0.25, 0.3) is 0 Å². The van der Waals surface area contributed by atoms with Crippen LogP contribution in [0.1, 0.15) is 26.7 Å². The number of likely N-dealkylation sites (tertiary alicyclic amines) is 1. The van der Waals surface area contributed by atoms with Gasteiger partial charge in [-0.15, -0.1) is 0 Å². The Balaban J connectivity index is 2.22. The molecular formula is C13H29N3. The molecule has 0 radical (unpaired) electrons. The van der Waals surface area contributed by atoms with Gasteiger partial charge < -0.3 is 15.1 Å². The third-order valence-corrected chi connectivity index (χ3v) is 3.51. The van der Waals surface area contributed by atoms with Gasteiger partial charge in [0.2, 0.25) is 0 Å². The molecule has 96 valence electrons. The molecule has 0 aliphatic carbocycles. The van der Waals surface area contributed by atoms with Gasteiger partial charge >= 0.3 is 0 Å². The number of hydrogen-bond donors (Lipinski definition) is 1. The van der Waals surface area contributed by atoms with Crippen LogP contribution in [0.5, 0.6) is 0 Å². The number of nitrogens with one attached hydrogen (secondary N) is 1. The van der Waals surface area contributed by atoms with Gasteiger partial charge in [0.1, 0.15) is 0 Å². The Morgan fingerprint density at radius 3 is 2.69 bits per heavy atom. The highest BCUT2D eigenvalue weighted by Crippen LogP contribution is 2.16. The van der Waals surface area contributed by atoms with Crippen LogP contribution in [0.3, 0.4) is 0 Å². The summed E-state index contributed by atoms with van der Waals surface area (Å²) in [5.74, 6) is 0.794. The van der Waals surface area contributed by atoms with Crippen molar-refractivity contribution in [1.82, 2.24) is 15.1 Å². The van der Waals surface area contributed by atoms with Crippen LogP contribution in [-0.2, 0) is 0 Å². The highest BCUT2D eigenvalue weighted by atomic mass is 15.2. The van der Waals surface area contributed by atoms with Crippen molar-refractivity contribution in [2.24, 2.45) is 5.92 Å². The van der Waals surface area contributed by atoms with E-state index in [0.717, 1.165) is 12.0 Å². The topological polar surface area (TPSA) is 18.5 Å². The number of rotatable bonds is 6. The van der Waals surface area contributed by atoms with Crippen LogP contribution >= 0.6 is 0 Å². The summed E-state index contributed by atoms with van der Waals surface area (Å²) in [6, 6.07) is 0.746. The van der Waals surface area contributed by atoms with E-state index in [-0.39, 0.29) is 0 Å². The van der Waals surface area contributed by atoms with Crippen LogP contribution in [0, 0.1) is 5.92 Å². The molecule has 0 aromatic rings. The first-order valence-corrected chi connectivity index (χ1v) is 6.74. The van der Waals surface area contributed by atoms with Crippen molar-refractivity contribution in [3.63, 3.8) is 0 Å². The molecule has 2 atom stereocenters. The summed E-state index contributed by atoms with van der Waals surface area (Å²) < 4.78 is 0. The van der Waals surface area contributed by atoms with Gasteiger partial charge in [-0.3, -0.25) is 0 Å². The first-order valence-electron chi connectivity index (χ1n) is 6.74. The molecule has 3 heteroatoms. The summed E-state index contributed by atoms with van der Waals surface area (Å²) in [6.07, 6.45) is 2.56. The maximum absolute atomic E-state index is 3.67. The summed E-state index contributed by atoms with van der Waals surface area (Å²) in [6.45, 7) is 10.7. The van der Waals surface area contributed by atoms with Crippen LogP contribution in [-0.4, -0.2) is 62.7 Å². The van der Waals surface area contributed by atoms with Crippen LogP contribution in [0.2, 0.25) is 0 Å². The van der Waals surface area contributed by atoms with E-state index in [2.05, 4.69) is 43.1 Å². The quantitative estimate of drug-likeness (QED) is 0.737. The largest absolute Gasteiger partial charge is 0.314 e.